The Morgan fingerprint density at radius 1 is 1.07 bits per heavy atom. The third kappa shape index (κ3) is 4.57. The quantitative estimate of drug-likeness (QED) is 0.604. The lowest BCUT2D eigenvalue weighted by Gasteiger charge is -2.07. The summed E-state index contributed by atoms with van der Waals surface area (Å²) in [6.45, 7) is 2.18. The first-order valence-corrected chi connectivity index (χ1v) is 10.7. The molecule has 29 heavy (non-hydrogen) atoms. The Kier molecular flexibility index (Phi) is 6.19. The van der Waals surface area contributed by atoms with Gasteiger partial charge in [0.25, 0.3) is 0 Å². The number of rotatable bonds is 8. The van der Waals surface area contributed by atoms with Crippen molar-refractivity contribution in [3.63, 3.8) is 0 Å². The van der Waals surface area contributed by atoms with Crippen molar-refractivity contribution < 1.29 is 13.2 Å². The first kappa shape index (κ1) is 20.8. The molecule has 0 aliphatic rings. The Labute approximate surface area is 169 Å². The van der Waals surface area contributed by atoms with Crippen LogP contribution >= 0.6 is 0 Å². The summed E-state index contributed by atoms with van der Waals surface area (Å²) in [5, 5.41) is 4.34. The largest absolute Gasteiger partial charge is 0.497 e. The molecule has 0 amide bonds. The summed E-state index contributed by atoms with van der Waals surface area (Å²) in [6.07, 6.45) is 0.840. The van der Waals surface area contributed by atoms with E-state index in [0.717, 1.165) is 17.5 Å². The fourth-order valence-corrected chi connectivity index (χ4v) is 3.92. The zero-order valence-electron chi connectivity index (χ0n) is 16.6. The van der Waals surface area contributed by atoms with Crippen molar-refractivity contribution in [3.05, 3.63) is 64.6 Å². The van der Waals surface area contributed by atoms with Gasteiger partial charge in [-0.3, -0.25) is 4.57 Å². The van der Waals surface area contributed by atoms with Crippen molar-refractivity contribution in [2.75, 3.05) is 13.7 Å². The van der Waals surface area contributed by atoms with Gasteiger partial charge in [-0.25, -0.2) is 22.6 Å². The Morgan fingerprint density at radius 3 is 2.31 bits per heavy atom. The average Bonchev–Trinajstić information content (AvgIpc) is 3.02. The SMILES string of the molecule is CCc1ccc(S(=O)(=O)NCCn2nc(-c3ccc(OC)cc3)n(C)c2=O)cc1. The minimum atomic E-state index is -3.65. The fraction of sp³-hybridized carbons (Fsp3) is 0.300. The van der Waals surface area contributed by atoms with Crippen LogP contribution in [0.15, 0.2) is 58.2 Å². The molecule has 0 unspecified atom stereocenters. The molecule has 1 N–H and O–H groups in total. The number of hydrogen-bond acceptors (Lipinski definition) is 5. The van der Waals surface area contributed by atoms with Crippen molar-refractivity contribution >= 4 is 10.0 Å². The molecular formula is C20H24N4O4S. The molecule has 3 rings (SSSR count). The van der Waals surface area contributed by atoms with Crippen LogP contribution in [0.5, 0.6) is 5.75 Å². The summed E-state index contributed by atoms with van der Waals surface area (Å²) >= 11 is 0. The van der Waals surface area contributed by atoms with Crippen LogP contribution in [-0.2, 0) is 30.0 Å². The predicted molar refractivity (Wildman–Crippen MR) is 110 cm³/mol. The van der Waals surface area contributed by atoms with Gasteiger partial charge in [-0.15, -0.1) is 5.10 Å². The van der Waals surface area contributed by atoms with E-state index in [1.807, 2.05) is 19.1 Å². The molecule has 0 spiro atoms. The zero-order valence-corrected chi connectivity index (χ0v) is 17.4. The lowest BCUT2D eigenvalue weighted by atomic mass is 10.2. The second-order valence-corrected chi connectivity index (χ2v) is 8.28. The van der Waals surface area contributed by atoms with Crippen LogP contribution in [0.1, 0.15) is 12.5 Å². The molecule has 9 heteroatoms. The Bertz CT molecular complexity index is 1130. The second-order valence-electron chi connectivity index (χ2n) is 6.51. The van der Waals surface area contributed by atoms with Gasteiger partial charge in [0.1, 0.15) is 5.75 Å². The topological polar surface area (TPSA) is 95.2 Å². The van der Waals surface area contributed by atoms with Crippen molar-refractivity contribution in [2.45, 2.75) is 24.8 Å². The smallest absolute Gasteiger partial charge is 0.345 e. The first-order chi connectivity index (χ1) is 13.9. The van der Waals surface area contributed by atoms with Gasteiger partial charge in [-0.05, 0) is 48.4 Å². The molecule has 0 fully saturated rings. The Balaban J connectivity index is 1.71. The van der Waals surface area contributed by atoms with Crippen LogP contribution in [0.25, 0.3) is 11.4 Å². The van der Waals surface area contributed by atoms with E-state index in [2.05, 4.69) is 9.82 Å². The molecule has 0 radical (unpaired) electrons. The molecule has 0 bridgehead atoms. The summed E-state index contributed by atoms with van der Waals surface area (Å²) in [7, 11) is -0.433. The summed E-state index contributed by atoms with van der Waals surface area (Å²) in [6, 6.07) is 13.9. The third-order valence-corrected chi connectivity index (χ3v) is 6.12. The summed E-state index contributed by atoms with van der Waals surface area (Å²) in [4.78, 5) is 12.6. The second kappa shape index (κ2) is 8.62. The van der Waals surface area contributed by atoms with Crippen LogP contribution in [0, 0.1) is 0 Å². The van der Waals surface area contributed by atoms with E-state index < -0.39 is 10.0 Å². The molecule has 0 aliphatic heterocycles. The molecule has 0 aliphatic carbocycles. The summed E-state index contributed by atoms with van der Waals surface area (Å²) < 4.78 is 35.2. The average molecular weight is 417 g/mol. The lowest BCUT2D eigenvalue weighted by Crippen LogP contribution is -2.31. The monoisotopic (exact) mass is 416 g/mol. The highest BCUT2D eigenvalue weighted by Gasteiger charge is 2.15. The number of methoxy groups -OCH3 is 1. The number of ether oxygens (including phenoxy) is 1. The molecule has 2 aromatic carbocycles. The molecule has 1 heterocycles. The first-order valence-electron chi connectivity index (χ1n) is 9.22. The van der Waals surface area contributed by atoms with Crippen molar-refractivity contribution in [2.24, 2.45) is 7.05 Å². The van der Waals surface area contributed by atoms with Gasteiger partial charge in [0.15, 0.2) is 5.82 Å². The number of benzene rings is 2. The van der Waals surface area contributed by atoms with Crippen LogP contribution in [0.2, 0.25) is 0 Å². The van der Waals surface area contributed by atoms with E-state index in [4.69, 9.17) is 4.74 Å². The van der Waals surface area contributed by atoms with Crippen LogP contribution in [0.4, 0.5) is 0 Å². The molecule has 3 aromatic rings. The van der Waals surface area contributed by atoms with E-state index in [1.165, 1.54) is 9.25 Å². The van der Waals surface area contributed by atoms with Crippen LogP contribution < -0.4 is 15.1 Å². The highest BCUT2D eigenvalue weighted by atomic mass is 32.2. The van der Waals surface area contributed by atoms with E-state index in [-0.39, 0.29) is 23.7 Å². The Hall–Kier alpha value is -2.91. The van der Waals surface area contributed by atoms with Crippen LogP contribution in [0.3, 0.4) is 0 Å². The molecule has 154 valence electrons. The predicted octanol–water partition coefficient (Wildman–Crippen LogP) is 1.80. The molecule has 8 nitrogen and oxygen atoms in total. The highest BCUT2D eigenvalue weighted by molar-refractivity contribution is 7.89. The molecule has 0 saturated heterocycles. The van der Waals surface area contributed by atoms with Crippen LogP contribution in [-0.4, -0.2) is 36.4 Å². The van der Waals surface area contributed by atoms with Gasteiger partial charge in [0.05, 0.1) is 18.6 Å². The van der Waals surface area contributed by atoms with E-state index in [0.29, 0.717) is 11.6 Å². The minimum absolute atomic E-state index is 0.0524. The number of sulfonamides is 1. The third-order valence-electron chi connectivity index (χ3n) is 4.65. The van der Waals surface area contributed by atoms with Crippen molar-refractivity contribution in [1.29, 1.82) is 0 Å². The number of nitrogens with one attached hydrogen (secondary N) is 1. The molecule has 0 saturated carbocycles. The standard InChI is InChI=1S/C20H24N4O4S/c1-4-15-5-11-18(12-6-15)29(26,27)21-13-14-24-20(25)23(2)19(22-24)16-7-9-17(28-3)10-8-16/h5-12,21H,4,13-14H2,1-3H3. The fourth-order valence-electron chi connectivity index (χ4n) is 2.90. The molecule has 1 aromatic heterocycles. The van der Waals surface area contributed by atoms with Crippen molar-refractivity contribution in [3.8, 4) is 17.1 Å². The Morgan fingerprint density at radius 2 is 1.72 bits per heavy atom. The number of nitrogens with zero attached hydrogens (tertiary/aromatic N) is 3. The van der Waals surface area contributed by atoms with E-state index >= 15 is 0 Å². The molecule has 0 atom stereocenters. The van der Waals surface area contributed by atoms with E-state index in [1.54, 1.807) is 50.6 Å². The zero-order chi connectivity index (χ0) is 21.0. The van der Waals surface area contributed by atoms with Gasteiger partial charge < -0.3 is 4.74 Å². The van der Waals surface area contributed by atoms with Gasteiger partial charge in [-0.2, -0.15) is 0 Å². The summed E-state index contributed by atoms with van der Waals surface area (Å²) in [5.74, 6) is 1.20. The highest BCUT2D eigenvalue weighted by Crippen LogP contribution is 2.19. The summed E-state index contributed by atoms with van der Waals surface area (Å²) in [5.41, 5.74) is 1.51. The maximum Gasteiger partial charge on any atom is 0.345 e. The minimum Gasteiger partial charge on any atom is -0.497 e. The normalized spacial score (nSPS) is 11.6. The van der Waals surface area contributed by atoms with Gasteiger partial charge in [0.2, 0.25) is 10.0 Å². The van der Waals surface area contributed by atoms with E-state index in [9.17, 15) is 13.2 Å². The van der Waals surface area contributed by atoms with Gasteiger partial charge >= 0.3 is 5.69 Å². The maximum absolute atomic E-state index is 12.4. The molecular weight excluding hydrogens is 392 g/mol. The van der Waals surface area contributed by atoms with Crippen molar-refractivity contribution in [1.82, 2.24) is 19.1 Å². The van der Waals surface area contributed by atoms with Gasteiger partial charge in [0, 0.05) is 19.2 Å². The number of aryl methyl sites for hydroxylation is 1. The van der Waals surface area contributed by atoms with Gasteiger partial charge in [-0.1, -0.05) is 19.1 Å². The number of aromatic nitrogens is 3. The maximum atomic E-state index is 12.4. The number of hydrogen-bond donors (Lipinski definition) is 1. The lowest BCUT2D eigenvalue weighted by molar-refractivity contribution is 0.415.